The van der Waals surface area contributed by atoms with Gasteiger partial charge in [-0.3, -0.25) is 0 Å². The monoisotopic (exact) mass is 416 g/mol. The third kappa shape index (κ3) is 5.79. The molecule has 1 saturated carbocycles. The molecule has 28 heavy (non-hydrogen) atoms. The molecule has 0 unspecified atom stereocenters. The summed E-state index contributed by atoms with van der Waals surface area (Å²) < 4.78 is 5.24. The van der Waals surface area contributed by atoms with E-state index >= 15 is 0 Å². The Hall–Kier alpha value is -1.92. The van der Waals surface area contributed by atoms with Crippen LogP contribution >= 0.6 is 23.6 Å². The van der Waals surface area contributed by atoms with E-state index in [0.717, 1.165) is 28.3 Å². The van der Waals surface area contributed by atoms with Crippen LogP contribution in [0.3, 0.4) is 0 Å². The number of carbonyl (C=O) groups is 1. The van der Waals surface area contributed by atoms with Gasteiger partial charge in [-0.15, -0.1) is 11.3 Å². The summed E-state index contributed by atoms with van der Waals surface area (Å²) in [5, 5.41) is 8.04. The Balaban J connectivity index is 1.74. The lowest BCUT2D eigenvalue weighted by molar-refractivity contribution is 0.0528. The predicted octanol–water partition coefficient (Wildman–Crippen LogP) is 5.99. The van der Waals surface area contributed by atoms with E-state index < -0.39 is 0 Å². The van der Waals surface area contributed by atoms with E-state index in [1.54, 1.807) is 0 Å². The Morgan fingerprint density at radius 3 is 2.50 bits per heavy atom. The number of hydrogen-bond donors (Lipinski definition) is 2. The smallest absolute Gasteiger partial charge is 0.341 e. The van der Waals surface area contributed by atoms with Gasteiger partial charge >= 0.3 is 5.97 Å². The summed E-state index contributed by atoms with van der Waals surface area (Å²) >= 11 is 7.09. The van der Waals surface area contributed by atoms with Crippen molar-refractivity contribution in [2.75, 3.05) is 11.9 Å². The van der Waals surface area contributed by atoms with E-state index in [1.165, 1.54) is 43.4 Å². The quantitative estimate of drug-likeness (QED) is 0.463. The van der Waals surface area contributed by atoms with Gasteiger partial charge in [-0.1, -0.05) is 62.4 Å². The Morgan fingerprint density at radius 2 is 1.82 bits per heavy atom. The molecule has 0 amide bonds. The Labute approximate surface area is 176 Å². The van der Waals surface area contributed by atoms with E-state index in [9.17, 15) is 4.79 Å². The summed E-state index contributed by atoms with van der Waals surface area (Å²) in [5.74, 6) is -0.322. The zero-order valence-electron chi connectivity index (χ0n) is 16.3. The van der Waals surface area contributed by atoms with Crippen LogP contribution in [0.1, 0.15) is 62.2 Å². The molecule has 0 saturated heterocycles. The number of esters is 1. The molecule has 1 fully saturated rings. The molecule has 6 heteroatoms. The van der Waals surface area contributed by atoms with Gasteiger partial charge in [0, 0.05) is 10.9 Å². The maximum Gasteiger partial charge on any atom is 0.341 e. The number of thiophene rings is 1. The number of nitrogens with one attached hydrogen (secondary N) is 2. The number of hydrogen-bond acceptors (Lipinski definition) is 4. The van der Waals surface area contributed by atoms with Crippen molar-refractivity contribution < 1.29 is 9.53 Å². The molecule has 0 aliphatic heterocycles. The lowest BCUT2D eigenvalue weighted by Gasteiger charge is -2.22. The first-order valence-corrected chi connectivity index (χ1v) is 11.3. The van der Waals surface area contributed by atoms with Gasteiger partial charge in [0.15, 0.2) is 5.11 Å². The van der Waals surface area contributed by atoms with Crippen molar-refractivity contribution in [1.82, 2.24) is 5.32 Å². The lowest BCUT2D eigenvalue weighted by Crippen LogP contribution is -2.38. The first-order chi connectivity index (χ1) is 13.7. The number of benzene rings is 1. The topological polar surface area (TPSA) is 50.4 Å². The van der Waals surface area contributed by atoms with E-state index in [-0.39, 0.29) is 5.97 Å². The van der Waals surface area contributed by atoms with Gasteiger partial charge in [0.1, 0.15) is 5.00 Å². The minimum atomic E-state index is -0.322. The SMILES string of the molecule is CCOC(=O)c1cc(-c2ccccc2)sc1NC(=S)NC1CCCCCCC1. The normalized spacial score (nSPS) is 15.3. The van der Waals surface area contributed by atoms with Crippen molar-refractivity contribution in [2.45, 2.75) is 57.9 Å². The number of carbonyl (C=O) groups excluding carboxylic acids is 1. The molecule has 3 rings (SSSR count). The van der Waals surface area contributed by atoms with Gasteiger partial charge in [0.05, 0.1) is 12.2 Å². The van der Waals surface area contributed by atoms with Crippen molar-refractivity contribution in [1.29, 1.82) is 0 Å². The molecular weight excluding hydrogens is 388 g/mol. The molecule has 1 aliphatic carbocycles. The zero-order chi connectivity index (χ0) is 19.8. The van der Waals surface area contributed by atoms with E-state index in [2.05, 4.69) is 10.6 Å². The average molecular weight is 417 g/mol. The molecule has 150 valence electrons. The Bertz CT molecular complexity index is 781. The molecule has 1 aromatic heterocycles. The minimum absolute atomic E-state index is 0.322. The summed E-state index contributed by atoms with van der Waals surface area (Å²) in [6.07, 6.45) is 8.72. The van der Waals surface area contributed by atoms with Crippen LogP contribution in [0.5, 0.6) is 0 Å². The van der Waals surface area contributed by atoms with Crippen LogP contribution in [-0.4, -0.2) is 23.7 Å². The fourth-order valence-corrected chi connectivity index (χ4v) is 4.90. The van der Waals surface area contributed by atoms with E-state index in [1.807, 2.05) is 43.3 Å². The molecule has 2 aromatic rings. The summed E-state index contributed by atoms with van der Waals surface area (Å²) in [7, 11) is 0. The van der Waals surface area contributed by atoms with Crippen molar-refractivity contribution in [3.05, 3.63) is 42.0 Å². The third-order valence-corrected chi connectivity index (χ3v) is 6.27. The van der Waals surface area contributed by atoms with Crippen LogP contribution in [0.15, 0.2) is 36.4 Å². The molecule has 1 aromatic carbocycles. The fourth-order valence-electron chi connectivity index (χ4n) is 3.51. The van der Waals surface area contributed by atoms with Gasteiger partial charge in [-0.05, 0) is 43.6 Å². The van der Waals surface area contributed by atoms with Gasteiger partial charge < -0.3 is 15.4 Å². The van der Waals surface area contributed by atoms with Crippen molar-refractivity contribution >= 4 is 39.6 Å². The molecule has 0 atom stereocenters. The summed E-state index contributed by atoms with van der Waals surface area (Å²) in [6, 6.07) is 12.3. The van der Waals surface area contributed by atoms with Crippen LogP contribution in [0, 0.1) is 0 Å². The first-order valence-electron chi connectivity index (χ1n) is 10.1. The Morgan fingerprint density at radius 1 is 1.14 bits per heavy atom. The molecule has 1 heterocycles. The van der Waals surface area contributed by atoms with Crippen LogP contribution in [0.25, 0.3) is 10.4 Å². The van der Waals surface area contributed by atoms with Gasteiger partial charge in [-0.2, -0.15) is 0 Å². The second kappa shape index (κ2) is 10.6. The number of anilines is 1. The molecule has 0 spiro atoms. The summed E-state index contributed by atoms with van der Waals surface area (Å²) in [4.78, 5) is 13.5. The number of rotatable bonds is 5. The molecule has 0 radical (unpaired) electrons. The molecule has 0 bridgehead atoms. The maximum atomic E-state index is 12.4. The molecule has 2 N–H and O–H groups in total. The van der Waals surface area contributed by atoms with E-state index in [0.29, 0.717) is 23.3 Å². The number of ether oxygens (including phenoxy) is 1. The fraction of sp³-hybridized carbons (Fsp3) is 0.455. The third-order valence-electron chi connectivity index (χ3n) is 4.95. The first kappa shape index (κ1) is 20.8. The van der Waals surface area contributed by atoms with Gasteiger partial charge in [-0.25, -0.2) is 4.79 Å². The van der Waals surface area contributed by atoms with Crippen LogP contribution in [0.4, 0.5) is 5.00 Å². The highest BCUT2D eigenvalue weighted by atomic mass is 32.1. The van der Waals surface area contributed by atoms with E-state index in [4.69, 9.17) is 17.0 Å². The van der Waals surface area contributed by atoms with Crippen LogP contribution < -0.4 is 10.6 Å². The summed E-state index contributed by atoms with van der Waals surface area (Å²) in [5.41, 5.74) is 1.61. The van der Waals surface area contributed by atoms with Gasteiger partial charge in [0.2, 0.25) is 0 Å². The standard InChI is InChI=1S/C22H28N2O2S2/c1-2-26-21(25)18-15-19(16-11-7-6-8-12-16)28-20(18)24-22(27)23-17-13-9-4-3-5-10-14-17/h6-8,11-12,15,17H,2-5,9-10,13-14H2,1H3,(H2,23,24,27). The Kier molecular flexibility index (Phi) is 7.86. The van der Waals surface area contributed by atoms with Crippen molar-refractivity contribution in [3.8, 4) is 10.4 Å². The molecule has 1 aliphatic rings. The zero-order valence-corrected chi connectivity index (χ0v) is 18.0. The highest BCUT2D eigenvalue weighted by Crippen LogP contribution is 2.36. The van der Waals surface area contributed by atoms with Crippen molar-refractivity contribution in [2.24, 2.45) is 0 Å². The second-order valence-corrected chi connectivity index (χ2v) is 8.54. The molecular formula is C22H28N2O2S2. The largest absolute Gasteiger partial charge is 0.462 e. The van der Waals surface area contributed by atoms with Crippen LogP contribution in [0.2, 0.25) is 0 Å². The highest BCUT2D eigenvalue weighted by molar-refractivity contribution is 7.80. The molecule has 4 nitrogen and oxygen atoms in total. The summed E-state index contributed by atoms with van der Waals surface area (Å²) in [6.45, 7) is 2.16. The highest BCUT2D eigenvalue weighted by Gasteiger charge is 2.20. The van der Waals surface area contributed by atoms with Gasteiger partial charge in [0.25, 0.3) is 0 Å². The predicted molar refractivity (Wildman–Crippen MR) is 121 cm³/mol. The minimum Gasteiger partial charge on any atom is -0.462 e. The number of thiocarbonyl (C=S) groups is 1. The lowest BCUT2D eigenvalue weighted by atomic mass is 9.97. The van der Waals surface area contributed by atoms with Crippen molar-refractivity contribution in [3.63, 3.8) is 0 Å². The average Bonchev–Trinajstić information content (AvgIpc) is 3.08. The second-order valence-electron chi connectivity index (χ2n) is 7.08. The van der Waals surface area contributed by atoms with Crippen LogP contribution in [-0.2, 0) is 4.74 Å². The maximum absolute atomic E-state index is 12.4.